The Kier molecular flexibility index (Phi) is 8.80. The van der Waals surface area contributed by atoms with Gasteiger partial charge in [-0.1, -0.05) is 13.8 Å². The largest absolute Gasteiger partial charge is 0.506 e. The zero-order valence-electron chi connectivity index (χ0n) is 25.8. The highest BCUT2D eigenvalue weighted by Crippen LogP contribution is 2.36. The lowest BCUT2D eigenvalue weighted by Gasteiger charge is -2.29. The summed E-state index contributed by atoms with van der Waals surface area (Å²) in [4.78, 5) is 64.9. The maximum absolute atomic E-state index is 12.6. The molecule has 0 radical (unpaired) electrons. The molecule has 2 fully saturated rings. The molecule has 236 valence electrons. The average molecular weight is 625 g/mol. The molecule has 14 nitrogen and oxygen atoms in total. The van der Waals surface area contributed by atoms with Crippen LogP contribution >= 0.6 is 0 Å². The molecular formula is C32H32N8O6. The third-order valence-electron chi connectivity index (χ3n) is 7.90. The number of aliphatic hydroxyl groups is 2. The van der Waals surface area contributed by atoms with Gasteiger partial charge in [0.2, 0.25) is 0 Å². The van der Waals surface area contributed by atoms with E-state index in [-0.39, 0.29) is 65.1 Å². The van der Waals surface area contributed by atoms with Gasteiger partial charge in [0.25, 0.3) is 0 Å². The van der Waals surface area contributed by atoms with E-state index in [4.69, 9.17) is 0 Å². The Labute approximate surface area is 263 Å². The van der Waals surface area contributed by atoms with E-state index in [2.05, 4.69) is 30.1 Å². The lowest BCUT2D eigenvalue weighted by Crippen LogP contribution is -2.35. The first-order valence-corrected chi connectivity index (χ1v) is 14.6. The van der Waals surface area contributed by atoms with E-state index in [0.717, 1.165) is 0 Å². The van der Waals surface area contributed by atoms with Gasteiger partial charge < -0.3 is 10.2 Å². The highest BCUT2D eigenvalue weighted by molar-refractivity contribution is 6.27. The first kappa shape index (κ1) is 31.8. The number of carbonyl (C=O) groups is 4. The summed E-state index contributed by atoms with van der Waals surface area (Å²) in [6, 6.07) is 6.54. The second-order valence-corrected chi connectivity index (χ2v) is 11.6. The van der Waals surface area contributed by atoms with Crippen molar-refractivity contribution in [3.8, 4) is 11.6 Å². The molecule has 46 heavy (non-hydrogen) atoms. The van der Waals surface area contributed by atoms with Crippen molar-refractivity contribution in [3.63, 3.8) is 0 Å². The van der Waals surface area contributed by atoms with E-state index < -0.39 is 5.41 Å². The summed E-state index contributed by atoms with van der Waals surface area (Å²) in [7, 11) is 0. The second kappa shape index (κ2) is 12.8. The number of hydrogen-bond donors (Lipinski definition) is 2. The predicted molar refractivity (Wildman–Crippen MR) is 164 cm³/mol. The average Bonchev–Trinajstić information content (AvgIpc) is 3.75. The SMILES string of the molecule is Cc1nc(-n2cncn2)ccc1C(O)=C1C(=O)CCC(C)(C)C1=O.Cc1nc(-n2cncn2)ccc1C(O)=C1C(=O)CCCC1=O. The van der Waals surface area contributed by atoms with Crippen LogP contribution in [-0.2, 0) is 19.2 Å². The number of aromatic nitrogens is 8. The molecular weight excluding hydrogens is 592 g/mol. The lowest BCUT2D eigenvalue weighted by atomic mass is 9.72. The third-order valence-corrected chi connectivity index (χ3v) is 7.90. The Morgan fingerprint density at radius 1 is 0.696 bits per heavy atom. The number of aliphatic hydroxyl groups excluding tert-OH is 2. The zero-order valence-corrected chi connectivity index (χ0v) is 25.8. The number of pyridine rings is 2. The molecule has 0 aliphatic heterocycles. The van der Waals surface area contributed by atoms with Crippen LogP contribution in [0.1, 0.15) is 68.5 Å². The first-order chi connectivity index (χ1) is 21.9. The first-order valence-electron chi connectivity index (χ1n) is 14.6. The minimum atomic E-state index is -0.654. The van der Waals surface area contributed by atoms with E-state index in [9.17, 15) is 29.4 Å². The molecule has 2 aliphatic rings. The Morgan fingerprint density at radius 2 is 1.15 bits per heavy atom. The monoisotopic (exact) mass is 624 g/mol. The van der Waals surface area contributed by atoms with Crippen LogP contribution in [0.5, 0.6) is 0 Å². The van der Waals surface area contributed by atoms with Gasteiger partial charge in [-0.05, 0) is 51.0 Å². The summed E-state index contributed by atoms with van der Waals surface area (Å²) < 4.78 is 2.97. The van der Waals surface area contributed by atoms with Crippen molar-refractivity contribution in [2.24, 2.45) is 5.41 Å². The lowest BCUT2D eigenvalue weighted by molar-refractivity contribution is -0.130. The summed E-state index contributed by atoms with van der Waals surface area (Å²) in [6.07, 6.45) is 7.66. The zero-order chi connectivity index (χ0) is 33.2. The number of aryl methyl sites for hydroxylation is 2. The van der Waals surface area contributed by atoms with Crippen molar-refractivity contribution in [1.29, 1.82) is 0 Å². The van der Waals surface area contributed by atoms with Gasteiger partial charge in [0.15, 0.2) is 34.8 Å². The molecule has 14 heteroatoms. The topological polar surface area (TPSA) is 196 Å². The number of rotatable bonds is 4. The normalized spacial score (nSPS) is 17.4. The highest BCUT2D eigenvalue weighted by atomic mass is 16.3. The van der Waals surface area contributed by atoms with Crippen molar-refractivity contribution >= 4 is 34.7 Å². The van der Waals surface area contributed by atoms with Gasteiger partial charge in [-0.25, -0.2) is 29.3 Å². The molecule has 0 bridgehead atoms. The van der Waals surface area contributed by atoms with Crippen molar-refractivity contribution < 1.29 is 29.4 Å². The molecule has 2 saturated carbocycles. The van der Waals surface area contributed by atoms with Gasteiger partial charge >= 0.3 is 0 Å². The molecule has 4 heterocycles. The Bertz CT molecular complexity index is 1890. The Morgan fingerprint density at radius 3 is 1.59 bits per heavy atom. The van der Waals surface area contributed by atoms with Crippen LogP contribution in [0.3, 0.4) is 0 Å². The Balaban J connectivity index is 0.000000182. The highest BCUT2D eigenvalue weighted by Gasteiger charge is 2.40. The number of ketones is 4. The van der Waals surface area contributed by atoms with Gasteiger partial charge in [-0.15, -0.1) is 0 Å². The van der Waals surface area contributed by atoms with Crippen molar-refractivity contribution in [3.05, 3.63) is 83.2 Å². The summed E-state index contributed by atoms with van der Waals surface area (Å²) in [5.74, 6) is -0.779. The third kappa shape index (κ3) is 6.27. The van der Waals surface area contributed by atoms with Gasteiger partial charge in [-0.3, -0.25) is 19.2 Å². The summed E-state index contributed by atoms with van der Waals surface area (Å²) in [6.45, 7) is 6.97. The van der Waals surface area contributed by atoms with Gasteiger partial charge in [-0.2, -0.15) is 10.2 Å². The fourth-order valence-electron chi connectivity index (χ4n) is 5.22. The fraction of sp³-hybridized carbons (Fsp3) is 0.312. The fourth-order valence-corrected chi connectivity index (χ4v) is 5.22. The molecule has 0 spiro atoms. The van der Waals surface area contributed by atoms with E-state index in [1.165, 1.54) is 34.7 Å². The number of Topliss-reactive ketones (excluding diaryl/α,β-unsaturated/α-hetero) is 4. The second-order valence-electron chi connectivity index (χ2n) is 11.6. The molecule has 0 amide bonds. The predicted octanol–water partition coefficient (Wildman–Crippen LogP) is 3.76. The standard InChI is InChI=1S/C17H18N4O3.C15H14N4O3/c1-10-11(4-5-13(20-10)21-9-18-8-19-21)15(23)14-12(22)6-7-17(2,3)16(14)24;1-9-10(5-6-13(18-9)19-8-16-7-17-19)15(22)14-11(20)3-2-4-12(14)21/h4-5,8-9,23H,6-7H2,1-3H3;5-8,22H,2-4H2,1H3. The number of nitrogens with zero attached hydrogens (tertiary/aromatic N) is 8. The van der Waals surface area contributed by atoms with Crippen molar-refractivity contribution in [2.45, 2.75) is 59.8 Å². The number of hydrogen-bond acceptors (Lipinski definition) is 12. The van der Waals surface area contributed by atoms with Crippen LogP contribution in [-0.4, -0.2) is 72.8 Å². The Hall–Kier alpha value is -5.66. The molecule has 6 rings (SSSR count). The molecule has 0 atom stereocenters. The maximum atomic E-state index is 12.6. The van der Waals surface area contributed by atoms with Crippen LogP contribution in [0.15, 0.2) is 60.7 Å². The van der Waals surface area contributed by atoms with Crippen LogP contribution in [0, 0.1) is 19.3 Å². The molecule has 2 aliphatic carbocycles. The van der Waals surface area contributed by atoms with E-state index in [1.807, 2.05) is 0 Å². The summed E-state index contributed by atoms with van der Waals surface area (Å²) in [5, 5.41) is 28.9. The maximum Gasteiger partial charge on any atom is 0.175 e. The smallest absolute Gasteiger partial charge is 0.175 e. The van der Waals surface area contributed by atoms with Crippen LogP contribution < -0.4 is 0 Å². The molecule has 0 saturated heterocycles. The molecule has 4 aromatic rings. The minimum Gasteiger partial charge on any atom is -0.506 e. The molecule has 0 aromatic carbocycles. The van der Waals surface area contributed by atoms with Crippen molar-refractivity contribution in [1.82, 2.24) is 39.5 Å². The van der Waals surface area contributed by atoms with Gasteiger partial charge in [0.05, 0.1) is 11.4 Å². The molecule has 2 N–H and O–H groups in total. The number of carbonyl (C=O) groups excluding carboxylic acids is 4. The van der Waals surface area contributed by atoms with E-state index in [1.54, 1.807) is 52.0 Å². The molecule has 0 unspecified atom stereocenters. The number of allylic oxidation sites excluding steroid dienone is 2. The summed E-state index contributed by atoms with van der Waals surface area (Å²) >= 11 is 0. The van der Waals surface area contributed by atoms with E-state index >= 15 is 0 Å². The quantitative estimate of drug-likeness (QED) is 0.190. The minimum absolute atomic E-state index is 0.107. The summed E-state index contributed by atoms with van der Waals surface area (Å²) in [5.41, 5.74) is 0.866. The van der Waals surface area contributed by atoms with Crippen LogP contribution in [0.4, 0.5) is 0 Å². The van der Waals surface area contributed by atoms with Gasteiger partial charge in [0, 0.05) is 35.8 Å². The van der Waals surface area contributed by atoms with Gasteiger partial charge in [0.1, 0.15) is 48.0 Å². The van der Waals surface area contributed by atoms with E-state index in [0.29, 0.717) is 47.0 Å². The molecule has 4 aromatic heterocycles. The van der Waals surface area contributed by atoms with Crippen LogP contribution in [0.25, 0.3) is 23.2 Å². The van der Waals surface area contributed by atoms with Crippen molar-refractivity contribution in [2.75, 3.05) is 0 Å². The van der Waals surface area contributed by atoms with Crippen LogP contribution in [0.2, 0.25) is 0 Å².